The van der Waals surface area contributed by atoms with Gasteiger partial charge in [0.2, 0.25) is 10.0 Å². The predicted molar refractivity (Wildman–Crippen MR) is 93.9 cm³/mol. The minimum Gasteiger partial charge on any atom is -0.211 e. The third kappa shape index (κ3) is 4.56. The number of rotatable bonds is 8. The quantitative estimate of drug-likeness (QED) is 0.769. The van der Waals surface area contributed by atoms with Crippen molar-refractivity contribution in [1.29, 1.82) is 0 Å². The lowest BCUT2D eigenvalue weighted by Gasteiger charge is -2.19. The Bertz CT molecular complexity index is 580. The first-order valence-electron chi connectivity index (χ1n) is 8.31. The molecule has 0 aromatic heterocycles. The monoisotopic (exact) mass is 325 g/mol. The molecule has 3 nitrogen and oxygen atoms in total. The summed E-state index contributed by atoms with van der Waals surface area (Å²) in [6.07, 6.45) is 4.40. The van der Waals surface area contributed by atoms with Gasteiger partial charge in [0.1, 0.15) is 0 Å². The molecule has 1 unspecified atom stereocenters. The zero-order valence-corrected chi connectivity index (χ0v) is 15.7. The van der Waals surface area contributed by atoms with Crippen LogP contribution in [0.15, 0.2) is 11.0 Å². The highest BCUT2D eigenvalue weighted by Crippen LogP contribution is 2.26. The lowest BCUT2D eigenvalue weighted by molar-refractivity contribution is 0.443. The maximum atomic E-state index is 12.8. The number of benzene rings is 1. The summed E-state index contributed by atoms with van der Waals surface area (Å²) < 4.78 is 28.4. The SMILES string of the molecule is CCCCC(CC)CNS(=O)(=O)c1c(C)c(C)cc(C)c1C. The fourth-order valence-electron chi connectivity index (χ4n) is 2.83. The maximum absolute atomic E-state index is 12.8. The van der Waals surface area contributed by atoms with E-state index in [-0.39, 0.29) is 0 Å². The molecule has 0 saturated heterocycles. The van der Waals surface area contributed by atoms with E-state index in [1.54, 1.807) is 0 Å². The van der Waals surface area contributed by atoms with Gasteiger partial charge in [-0.25, -0.2) is 13.1 Å². The molecule has 0 saturated carbocycles. The Kier molecular flexibility index (Phi) is 7.07. The number of hydrogen-bond donors (Lipinski definition) is 1. The third-order valence-electron chi connectivity index (χ3n) is 4.67. The zero-order valence-electron chi connectivity index (χ0n) is 14.9. The summed E-state index contributed by atoms with van der Waals surface area (Å²) in [5.74, 6) is 0.418. The molecule has 0 radical (unpaired) electrons. The second-order valence-corrected chi connectivity index (χ2v) is 8.06. The summed E-state index contributed by atoms with van der Waals surface area (Å²) in [6, 6.07) is 2.06. The van der Waals surface area contributed by atoms with E-state index in [0.717, 1.165) is 47.9 Å². The summed E-state index contributed by atoms with van der Waals surface area (Å²) in [5, 5.41) is 0. The van der Waals surface area contributed by atoms with Crippen molar-refractivity contribution < 1.29 is 8.42 Å². The van der Waals surface area contributed by atoms with Gasteiger partial charge in [-0.1, -0.05) is 39.2 Å². The van der Waals surface area contributed by atoms with Crippen molar-refractivity contribution in [3.63, 3.8) is 0 Å². The van der Waals surface area contributed by atoms with Gasteiger partial charge in [-0.15, -0.1) is 0 Å². The molecule has 0 amide bonds. The molecule has 0 aliphatic heterocycles. The third-order valence-corrected chi connectivity index (χ3v) is 6.37. The summed E-state index contributed by atoms with van der Waals surface area (Å²) in [5.41, 5.74) is 3.78. The predicted octanol–water partition coefficient (Wildman–Crippen LogP) is 4.41. The molecule has 0 aliphatic carbocycles. The number of unbranched alkanes of at least 4 members (excludes halogenated alkanes) is 1. The average Bonchev–Trinajstić information content (AvgIpc) is 2.45. The van der Waals surface area contributed by atoms with E-state index in [1.807, 2.05) is 27.7 Å². The largest absolute Gasteiger partial charge is 0.241 e. The van der Waals surface area contributed by atoms with Gasteiger partial charge in [0.25, 0.3) is 0 Å². The van der Waals surface area contributed by atoms with E-state index in [0.29, 0.717) is 17.4 Å². The topological polar surface area (TPSA) is 46.2 Å². The van der Waals surface area contributed by atoms with Gasteiger partial charge in [0, 0.05) is 6.54 Å². The van der Waals surface area contributed by atoms with Crippen LogP contribution in [0.5, 0.6) is 0 Å². The normalized spacial score (nSPS) is 13.4. The van der Waals surface area contributed by atoms with Gasteiger partial charge < -0.3 is 0 Å². The van der Waals surface area contributed by atoms with Crippen LogP contribution < -0.4 is 4.72 Å². The van der Waals surface area contributed by atoms with Crippen LogP contribution in [0.3, 0.4) is 0 Å². The first-order valence-corrected chi connectivity index (χ1v) is 9.79. The molecule has 1 atom stereocenters. The molecule has 1 aromatic carbocycles. The average molecular weight is 326 g/mol. The van der Waals surface area contributed by atoms with Crippen LogP contribution in [0.1, 0.15) is 61.8 Å². The molecule has 22 heavy (non-hydrogen) atoms. The minimum atomic E-state index is -3.45. The van der Waals surface area contributed by atoms with Crippen molar-refractivity contribution in [2.24, 2.45) is 5.92 Å². The van der Waals surface area contributed by atoms with Gasteiger partial charge >= 0.3 is 0 Å². The fourth-order valence-corrected chi connectivity index (χ4v) is 4.55. The molecular weight excluding hydrogens is 294 g/mol. The van der Waals surface area contributed by atoms with Crippen LogP contribution in [0.4, 0.5) is 0 Å². The van der Waals surface area contributed by atoms with Crippen molar-refractivity contribution in [1.82, 2.24) is 4.72 Å². The number of hydrogen-bond acceptors (Lipinski definition) is 2. The van der Waals surface area contributed by atoms with E-state index in [2.05, 4.69) is 24.6 Å². The molecule has 0 heterocycles. The Hall–Kier alpha value is -0.870. The standard InChI is InChI=1S/C18H31NO2S/c1-7-9-10-17(8-2)12-19-22(20,21)18-15(5)13(3)11-14(4)16(18)6/h11,17,19H,7-10,12H2,1-6H3. The Morgan fingerprint density at radius 1 is 1.05 bits per heavy atom. The van der Waals surface area contributed by atoms with Crippen LogP contribution in [0, 0.1) is 33.6 Å². The molecule has 1 aromatic rings. The minimum absolute atomic E-state index is 0.418. The van der Waals surface area contributed by atoms with Crippen LogP contribution in [-0.4, -0.2) is 15.0 Å². The summed E-state index contributed by atoms with van der Waals surface area (Å²) >= 11 is 0. The Balaban J connectivity index is 3.01. The highest BCUT2D eigenvalue weighted by molar-refractivity contribution is 7.89. The Morgan fingerprint density at radius 3 is 2.05 bits per heavy atom. The van der Waals surface area contributed by atoms with E-state index >= 15 is 0 Å². The van der Waals surface area contributed by atoms with Crippen LogP contribution in [0.2, 0.25) is 0 Å². The van der Waals surface area contributed by atoms with Gasteiger partial charge in [-0.2, -0.15) is 0 Å². The smallest absolute Gasteiger partial charge is 0.211 e. The molecule has 0 bridgehead atoms. The van der Waals surface area contributed by atoms with E-state index in [1.165, 1.54) is 0 Å². The van der Waals surface area contributed by atoms with Crippen molar-refractivity contribution in [3.05, 3.63) is 28.3 Å². The van der Waals surface area contributed by atoms with Crippen LogP contribution >= 0.6 is 0 Å². The van der Waals surface area contributed by atoms with Gasteiger partial charge in [-0.3, -0.25) is 0 Å². The molecule has 0 fully saturated rings. The van der Waals surface area contributed by atoms with Crippen molar-refractivity contribution >= 4 is 10.0 Å². The van der Waals surface area contributed by atoms with Crippen LogP contribution in [0.25, 0.3) is 0 Å². The Labute approximate surface area is 136 Å². The van der Waals surface area contributed by atoms with Gasteiger partial charge in [0.15, 0.2) is 0 Å². The highest BCUT2D eigenvalue weighted by Gasteiger charge is 2.22. The Morgan fingerprint density at radius 2 is 1.59 bits per heavy atom. The highest BCUT2D eigenvalue weighted by atomic mass is 32.2. The summed E-state index contributed by atoms with van der Waals surface area (Å²) in [7, 11) is -3.45. The van der Waals surface area contributed by atoms with Gasteiger partial charge in [0.05, 0.1) is 4.90 Å². The molecule has 4 heteroatoms. The van der Waals surface area contributed by atoms with E-state index in [4.69, 9.17) is 0 Å². The molecule has 1 N–H and O–H groups in total. The maximum Gasteiger partial charge on any atom is 0.241 e. The summed E-state index contributed by atoms with van der Waals surface area (Å²) in [4.78, 5) is 0.468. The molecular formula is C18H31NO2S. The second-order valence-electron chi connectivity index (χ2n) is 6.36. The lowest BCUT2D eigenvalue weighted by Crippen LogP contribution is -2.30. The summed E-state index contributed by atoms with van der Waals surface area (Å²) in [6.45, 7) is 12.6. The fraction of sp³-hybridized carbons (Fsp3) is 0.667. The number of sulfonamides is 1. The molecule has 0 aliphatic rings. The first-order chi connectivity index (χ1) is 10.2. The van der Waals surface area contributed by atoms with Crippen LogP contribution in [-0.2, 0) is 10.0 Å². The zero-order chi connectivity index (χ0) is 16.9. The van der Waals surface area contributed by atoms with Crippen molar-refractivity contribution in [2.45, 2.75) is 72.1 Å². The lowest BCUT2D eigenvalue weighted by atomic mass is 10.00. The van der Waals surface area contributed by atoms with Gasteiger partial charge in [-0.05, 0) is 62.3 Å². The number of aryl methyl sites for hydroxylation is 2. The van der Waals surface area contributed by atoms with Crippen molar-refractivity contribution in [3.8, 4) is 0 Å². The second kappa shape index (κ2) is 8.11. The molecule has 0 spiro atoms. The molecule has 126 valence electrons. The number of nitrogens with one attached hydrogen (secondary N) is 1. The first kappa shape index (κ1) is 19.2. The van der Waals surface area contributed by atoms with E-state index in [9.17, 15) is 8.42 Å². The van der Waals surface area contributed by atoms with Crippen molar-refractivity contribution in [2.75, 3.05) is 6.54 Å². The van der Waals surface area contributed by atoms with E-state index < -0.39 is 10.0 Å². The molecule has 1 rings (SSSR count).